The minimum Gasteiger partial charge on any atom is -0.314 e. The van der Waals surface area contributed by atoms with Crippen LogP contribution >= 0.6 is 11.8 Å². The molecule has 0 spiro atoms. The van der Waals surface area contributed by atoms with Crippen LogP contribution < -0.4 is 0 Å². The Morgan fingerprint density at radius 2 is 1.64 bits per heavy atom. The van der Waals surface area contributed by atoms with E-state index in [9.17, 15) is 14.0 Å². The van der Waals surface area contributed by atoms with Crippen molar-refractivity contribution in [1.29, 1.82) is 0 Å². The van der Waals surface area contributed by atoms with Crippen molar-refractivity contribution in [1.82, 2.24) is 29.2 Å². The molecule has 2 aromatic heterocycles. The highest BCUT2D eigenvalue weighted by Gasteiger charge is 2.33. The lowest BCUT2D eigenvalue weighted by molar-refractivity contribution is 0.0607. The summed E-state index contributed by atoms with van der Waals surface area (Å²) < 4.78 is 17.8. The van der Waals surface area contributed by atoms with E-state index in [4.69, 9.17) is 4.98 Å². The van der Waals surface area contributed by atoms with Crippen LogP contribution in [-0.4, -0.2) is 47.6 Å². The molecule has 0 radical (unpaired) electrons. The summed E-state index contributed by atoms with van der Waals surface area (Å²) in [4.78, 5) is 38.1. The van der Waals surface area contributed by atoms with E-state index in [0.717, 1.165) is 38.5 Å². The molecule has 0 unspecified atom stereocenters. The zero-order valence-corrected chi connectivity index (χ0v) is 23.3. The molecule has 208 valence electrons. The Kier molecular flexibility index (Phi) is 6.75. The fraction of sp³-hybridized carbons (Fsp3) is 0.156. The molecule has 10 heteroatoms. The van der Waals surface area contributed by atoms with Crippen LogP contribution in [-0.2, 0) is 13.1 Å². The van der Waals surface area contributed by atoms with Crippen molar-refractivity contribution in [2.75, 3.05) is 6.54 Å². The van der Waals surface area contributed by atoms with Gasteiger partial charge in [-0.05, 0) is 66.3 Å². The fourth-order valence-corrected chi connectivity index (χ4v) is 6.53. The summed E-state index contributed by atoms with van der Waals surface area (Å²) in [7, 11) is 0. The van der Waals surface area contributed by atoms with E-state index in [0.29, 0.717) is 42.6 Å². The minimum absolute atomic E-state index is 0.278. The van der Waals surface area contributed by atoms with E-state index >= 15 is 0 Å². The van der Waals surface area contributed by atoms with Gasteiger partial charge >= 0.3 is 0 Å². The zero-order valence-electron chi connectivity index (χ0n) is 22.5. The largest absolute Gasteiger partial charge is 0.314 e. The first kappa shape index (κ1) is 26.1. The maximum Gasteiger partial charge on any atom is 0.261 e. The molecule has 0 fully saturated rings. The van der Waals surface area contributed by atoms with Gasteiger partial charge in [-0.15, -0.1) is 0 Å². The van der Waals surface area contributed by atoms with Gasteiger partial charge in [0.15, 0.2) is 5.16 Å². The maximum atomic E-state index is 14.0. The lowest BCUT2D eigenvalue weighted by Crippen LogP contribution is -2.41. The number of imide groups is 1. The number of para-hydroxylation sites is 2. The highest BCUT2D eigenvalue weighted by molar-refractivity contribution is 7.99. The lowest BCUT2D eigenvalue weighted by Gasteiger charge is -2.27. The number of hydrogen-bond acceptors (Lipinski definition) is 6. The molecule has 1 aliphatic heterocycles. The average Bonchev–Trinajstić information content (AvgIpc) is 3.64. The summed E-state index contributed by atoms with van der Waals surface area (Å²) in [5.41, 5.74) is 3.65. The topological polar surface area (TPSA) is 85.9 Å². The summed E-state index contributed by atoms with van der Waals surface area (Å²) in [6.07, 6.45) is 4.57. The number of carbonyl (C=O) groups is 2. The van der Waals surface area contributed by atoms with Crippen molar-refractivity contribution < 1.29 is 14.0 Å². The molecule has 0 saturated carbocycles. The van der Waals surface area contributed by atoms with E-state index in [1.54, 1.807) is 23.1 Å². The number of halogens is 1. The molecular weight excluding hydrogens is 551 g/mol. The monoisotopic (exact) mass is 576 g/mol. The van der Waals surface area contributed by atoms with Crippen molar-refractivity contribution >= 4 is 45.4 Å². The third-order valence-electron chi connectivity index (χ3n) is 7.49. The number of unbranched alkanes of at least 4 members (excludes halogenated alkanes) is 1. The number of aryl methyl sites for hydroxylation is 1. The molecule has 0 N–H and O–H groups in total. The summed E-state index contributed by atoms with van der Waals surface area (Å²) in [5, 5.41) is 6.34. The maximum absolute atomic E-state index is 14.0. The number of rotatable bonds is 9. The van der Waals surface area contributed by atoms with Crippen molar-refractivity contribution in [2.45, 2.75) is 36.0 Å². The van der Waals surface area contributed by atoms with Gasteiger partial charge < -0.3 is 4.57 Å². The van der Waals surface area contributed by atoms with Crippen molar-refractivity contribution in [3.8, 4) is 0 Å². The SMILES string of the molecule is O=C1c2cccc3c(Sc4nc5ccccc5n4Cc4cccc(F)c4)ccc(c23)C(=O)N1CCCCn1cncn1. The summed E-state index contributed by atoms with van der Waals surface area (Å²) in [6.45, 7) is 1.46. The molecule has 6 aromatic rings. The van der Waals surface area contributed by atoms with Gasteiger partial charge in [0, 0.05) is 34.5 Å². The second-order valence-electron chi connectivity index (χ2n) is 10.2. The number of aromatic nitrogens is 5. The molecule has 2 amide bonds. The number of amides is 2. The number of nitrogens with zero attached hydrogens (tertiary/aromatic N) is 6. The second-order valence-corrected chi connectivity index (χ2v) is 11.2. The number of fused-ring (bicyclic) bond motifs is 1. The molecule has 4 aromatic carbocycles. The van der Waals surface area contributed by atoms with Gasteiger partial charge in [0.1, 0.15) is 18.5 Å². The Balaban J connectivity index is 1.20. The molecular formula is C32H25FN6O2S. The first-order valence-electron chi connectivity index (χ1n) is 13.7. The Hall–Kier alpha value is -4.83. The normalized spacial score (nSPS) is 13.0. The molecule has 3 heterocycles. The van der Waals surface area contributed by atoms with Crippen LogP contribution in [0.5, 0.6) is 0 Å². The van der Waals surface area contributed by atoms with Crippen LogP contribution in [0.25, 0.3) is 21.8 Å². The highest BCUT2D eigenvalue weighted by atomic mass is 32.2. The van der Waals surface area contributed by atoms with E-state index in [1.807, 2.05) is 54.6 Å². The average molecular weight is 577 g/mol. The third kappa shape index (κ3) is 4.73. The quantitative estimate of drug-likeness (QED) is 0.151. The number of hydrogen-bond donors (Lipinski definition) is 0. The lowest BCUT2D eigenvalue weighted by atomic mass is 9.94. The highest BCUT2D eigenvalue weighted by Crippen LogP contribution is 2.39. The van der Waals surface area contributed by atoms with Gasteiger partial charge in [-0.3, -0.25) is 19.2 Å². The number of benzene rings is 4. The van der Waals surface area contributed by atoms with Crippen LogP contribution in [0.1, 0.15) is 39.1 Å². The van der Waals surface area contributed by atoms with E-state index < -0.39 is 0 Å². The minimum atomic E-state index is -0.284. The van der Waals surface area contributed by atoms with Crippen LogP contribution in [0.3, 0.4) is 0 Å². The van der Waals surface area contributed by atoms with E-state index in [1.165, 1.54) is 35.1 Å². The fourth-order valence-electron chi connectivity index (χ4n) is 5.50. The smallest absolute Gasteiger partial charge is 0.261 e. The molecule has 8 nitrogen and oxygen atoms in total. The second kappa shape index (κ2) is 10.9. The summed E-state index contributed by atoms with van der Waals surface area (Å²) in [5.74, 6) is -0.841. The number of carbonyl (C=O) groups excluding carboxylic acids is 2. The Morgan fingerprint density at radius 3 is 2.48 bits per heavy atom. The predicted octanol–water partition coefficient (Wildman–Crippen LogP) is 6.20. The molecule has 0 atom stereocenters. The van der Waals surface area contributed by atoms with Crippen LogP contribution in [0.15, 0.2) is 102 Å². The Labute approximate surface area is 244 Å². The molecule has 0 aliphatic carbocycles. The van der Waals surface area contributed by atoms with Crippen LogP contribution in [0, 0.1) is 5.82 Å². The molecule has 7 rings (SSSR count). The van der Waals surface area contributed by atoms with Crippen LogP contribution in [0.4, 0.5) is 4.39 Å². The summed E-state index contributed by atoms with van der Waals surface area (Å²) >= 11 is 1.47. The molecule has 0 saturated heterocycles. The predicted molar refractivity (Wildman–Crippen MR) is 158 cm³/mol. The Morgan fingerprint density at radius 1 is 0.833 bits per heavy atom. The molecule has 42 heavy (non-hydrogen) atoms. The van der Waals surface area contributed by atoms with Crippen molar-refractivity contribution in [3.63, 3.8) is 0 Å². The van der Waals surface area contributed by atoms with Crippen LogP contribution in [0.2, 0.25) is 0 Å². The first-order valence-corrected chi connectivity index (χ1v) is 14.5. The summed E-state index contributed by atoms with van der Waals surface area (Å²) in [6, 6.07) is 23.7. The van der Waals surface area contributed by atoms with Gasteiger partial charge in [-0.25, -0.2) is 14.4 Å². The zero-order chi connectivity index (χ0) is 28.6. The van der Waals surface area contributed by atoms with Gasteiger partial charge in [-0.1, -0.05) is 48.2 Å². The van der Waals surface area contributed by atoms with Gasteiger partial charge in [0.25, 0.3) is 11.8 Å². The van der Waals surface area contributed by atoms with Gasteiger partial charge in [0.2, 0.25) is 0 Å². The first-order chi connectivity index (χ1) is 20.6. The van der Waals surface area contributed by atoms with Gasteiger partial charge in [-0.2, -0.15) is 5.10 Å². The van der Waals surface area contributed by atoms with E-state index in [-0.39, 0.29) is 17.6 Å². The van der Waals surface area contributed by atoms with Crippen molar-refractivity contribution in [2.24, 2.45) is 0 Å². The molecule has 0 bridgehead atoms. The third-order valence-corrected chi connectivity index (χ3v) is 8.56. The van der Waals surface area contributed by atoms with E-state index in [2.05, 4.69) is 14.6 Å². The molecule has 1 aliphatic rings. The number of imidazole rings is 1. The van der Waals surface area contributed by atoms with Crippen molar-refractivity contribution in [3.05, 3.63) is 114 Å². The van der Waals surface area contributed by atoms with Gasteiger partial charge in [0.05, 0.1) is 17.6 Å². The Bertz CT molecular complexity index is 1950. The standard InChI is InChI=1S/C32H25FN6O2S/c33-22-8-5-7-21(17-22)18-39-27-12-2-1-11-26(27)36-32(39)42-28-14-13-25-29-23(28)9-6-10-24(29)30(40)38(31(25)41)16-4-3-15-37-20-34-19-35-37/h1-2,5-14,17,19-20H,3-4,15-16,18H2.